The van der Waals surface area contributed by atoms with Gasteiger partial charge in [0.1, 0.15) is 5.82 Å². The Morgan fingerprint density at radius 1 is 1.24 bits per heavy atom. The highest BCUT2D eigenvalue weighted by Gasteiger charge is 2.37. The average Bonchev–Trinajstić information content (AvgIpc) is 3.20. The normalized spacial score (nSPS) is 28.7. The van der Waals surface area contributed by atoms with Gasteiger partial charge in [-0.25, -0.2) is 4.39 Å². The summed E-state index contributed by atoms with van der Waals surface area (Å²) < 4.78 is 20.3. The van der Waals surface area contributed by atoms with Crippen LogP contribution in [-0.2, 0) is 11.3 Å². The van der Waals surface area contributed by atoms with E-state index in [1.807, 2.05) is 6.07 Å². The lowest BCUT2D eigenvalue weighted by atomic mass is 10.1. The number of ether oxygens (including phenoxy) is 1. The summed E-state index contributed by atoms with van der Waals surface area (Å²) in [5.74, 6) is -0.0855. The zero-order chi connectivity index (χ0) is 14.2. The molecule has 1 aromatic carbocycles. The van der Waals surface area contributed by atoms with Crippen molar-refractivity contribution in [3.8, 4) is 0 Å². The van der Waals surface area contributed by atoms with Gasteiger partial charge in [0.15, 0.2) is 0 Å². The summed E-state index contributed by atoms with van der Waals surface area (Å²) in [7, 11) is 0. The lowest BCUT2D eigenvalue weighted by molar-refractivity contribution is 0.0254. The fraction of sp³-hybridized carbons (Fsp3) is 0.647. The number of nitrogens with one attached hydrogen (secondary N) is 1. The van der Waals surface area contributed by atoms with E-state index in [2.05, 4.69) is 16.3 Å². The van der Waals surface area contributed by atoms with Crippen LogP contribution in [0.15, 0.2) is 18.2 Å². The Kier molecular flexibility index (Phi) is 3.59. The molecule has 0 bridgehead atoms. The van der Waals surface area contributed by atoms with Crippen LogP contribution in [0.3, 0.4) is 0 Å². The van der Waals surface area contributed by atoms with Crippen LogP contribution >= 0.6 is 0 Å². The van der Waals surface area contributed by atoms with Gasteiger partial charge in [0.05, 0.1) is 24.4 Å². The molecule has 3 nitrogen and oxygen atoms in total. The summed E-state index contributed by atoms with van der Waals surface area (Å²) in [5, 5.41) is 3.44. The largest absolute Gasteiger partial charge is 0.374 e. The van der Waals surface area contributed by atoms with E-state index in [4.69, 9.17) is 4.74 Å². The molecule has 3 fully saturated rings. The van der Waals surface area contributed by atoms with E-state index in [9.17, 15) is 4.39 Å². The Morgan fingerprint density at radius 2 is 2.14 bits per heavy atom. The van der Waals surface area contributed by atoms with Gasteiger partial charge in [-0.2, -0.15) is 0 Å². The highest BCUT2D eigenvalue weighted by molar-refractivity contribution is 5.51. The van der Waals surface area contributed by atoms with E-state index in [1.165, 1.54) is 19.3 Å². The van der Waals surface area contributed by atoms with Crippen LogP contribution in [0, 0.1) is 5.82 Å². The molecule has 1 heterocycles. The average molecular weight is 290 g/mol. The molecule has 21 heavy (non-hydrogen) atoms. The maximum Gasteiger partial charge on any atom is 0.146 e. The molecular weight excluding hydrogens is 267 g/mol. The van der Waals surface area contributed by atoms with Gasteiger partial charge in [0.25, 0.3) is 0 Å². The minimum atomic E-state index is -0.0855. The highest BCUT2D eigenvalue weighted by atomic mass is 19.1. The third-order valence-corrected chi connectivity index (χ3v) is 4.98. The number of nitrogens with zero attached hydrogens (tertiary/aromatic N) is 1. The van der Waals surface area contributed by atoms with Gasteiger partial charge in [0.2, 0.25) is 0 Å². The first kappa shape index (κ1) is 13.5. The number of hydrogen-bond acceptors (Lipinski definition) is 3. The van der Waals surface area contributed by atoms with Crippen LogP contribution in [0.25, 0.3) is 0 Å². The quantitative estimate of drug-likeness (QED) is 0.923. The zero-order valence-electron chi connectivity index (χ0n) is 12.4. The summed E-state index contributed by atoms with van der Waals surface area (Å²) in [6.45, 7) is 2.29. The van der Waals surface area contributed by atoms with Crippen LogP contribution in [0.5, 0.6) is 0 Å². The summed E-state index contributed by atoms with van der Waals surface area (Å²) in [5.41, 5.74) is 1.80. The molecule has 2 atom stereocenters. The number of rotatable bonds is 4. The lowest BCUT2D eigenvalue weighted by Gasteiger charge is -2.39. The third kappa shape index (κ3) is 2.79. The summed E-state index contributed by atoms with van der Waals surface area (Å²) >= 11 is 0. The summed E-state index contributed by atoms with van der Waals surface area (Å²) in [6.07, 6.45) is 6.25. The fourth-order valence-electron chi connectivity index (χ4n) is 3.67. The molecule has 4 rings (SSSR count). The van der Waals surface area contributed by atoms with Crippen LogP contribution in [0.2, 0.25) is 0 Å². The minimum absolute atomic E-state index is 0.0855. The first-order valence-electron chi connectivity index (χ1n) is 8.21. The molecule has 2 saturated carbocycles. The molecule has 0 aromatic heterocycles. The van der Waals surface area contributed by atoms with Gasteiger partial charge < -0.3 is 15.0 Å². The van der Waals surface area contributed by atoms with Crippen LogP contribution in [0.1, 0.15) is 37.7 Å². The molecule has 0 spiro atoms. The molecule has 0 amide bonds. The van der Waals surface area contributed by atoms with E-state index in [0.717, 1.165) is 37.2 Å². The van der Waals surface area contributed by atoms with Crippen LogP contribution in [-0.4, -0.2) is 31.3 Å². The van der Waals surface area contributed by atoms with E-state index >= 15 is 0 Å². The van der Waals surface area contributed by atoms with Crippen molar-refractivity contribution in [1.29, 1.82) is 0 Å². The van der Waals surface area contributed by atoms with Crippen molar-refractivity contribution in [2.75, 3.05) is 18.1 Å². The predicted octanol–water partition coefficient (Wildman–Crippen LogP) is 2.84. The number of fused-ring (bicyclic) bond motifs is 1. The molecular formula is C17H23FN2O. The number of hydrogen-bond donors (Lipinski definition) is 1. The molecule has 114 valence electrons. The smallest absolute Gasteiger partial charge is 0.146 e. The van der Waals surface area contributed by atoms with Gasteiger partial charge >= 0.3 is 0 Å². The SMILES string of the molecule is Fc1cc(CNC2CC2)ccc1N1CCOC2CCCC21. The second-order valence-electron chi connectivity index (χ2n) is 6.54. The monoisotopic (exact) mass is 290 g/mol. The maximum absolute atomic E-state index is 14.5. The molecule has 1 aliphatic heterocycles. The van der Waals surface area contributed by atoms with Crippen LogP contribution in [0.4, 0.5) is 10.1 Å². The zero-order valence-corrected chi connectivity index (χ0v) is 12.4. The Hall–Kier alpha value is -1.13. The van der Waals surface area contributed by atoms with Crippen molar-refractivity contribution in [3.63, 3.8) is 0 Å². The van der Waals surface area contributed by atoms with E-state index < -0.39 is 0 Å². The maximum atomic E-state index is 14.5. The molecule has 2 aliphatic carbocycles. The second kappa shape index (κ2) is 5.58. The first-order valence-corrected chi connectivity index (χ1v) is 8.21. The molecule has 2 unspecified atom stereocenters. The Bertz CT molecular complexity index is 518. The van der Waals surface area contributed by atoms with E-state index in [0.29, 0.717) is 24.8 Å². The summed E-state index contributed by atoms with van der Waals surface area (Å²) in [6, 6.07) is 6.74. The summed E-state index contributed by atoms with van der Waals surface area (Å²) in [4.78, 5) is 2.23. The molecule has 3 aliphatic rings. The van der Waals surface area contributed by atoms with Gasteiger partial charge in [0, 0.05) is 19.1 Å². The topological polar surface area (TPSA) is 24.5 Å². The Morgan fingerprint density at radius 3 is 2.95 bits per heavy atom. The van der Waals surface area contributed by atoms with Gasteiger partial charge in [-0.3, -0.25) is 0 Å². The number of morpholine rings is 1. The standard InChI is InChI=1S/C17H23FN2O/c18-14-10-12(11-19-13-5-6-13)4-7-15(14)20-8-9-21-17-3-1-2-16(17)20/h4,7,10,13,16-17,19H,1-3,5-6,8-9,11H2. The number of anilines is 1. The van der Waals surface area contributed by atoms with Gasteiger partial charge in [-0.15, -0.1) is 0 Å². The second-order valence-corrected chi connectivity index (χ2v) is 6.54. The number of benzene rings is 1. The van der Waals surface area contributed by atoms with E-state index in [1.54, 1.807) is 6.07 Å². The first-order chi connectivity index (χ1) is 10.3. The van der Waals surface area contributed by atoms with Crippen molar-refractivity contribution >= 4 is 5.69 Å². The molecule has 4 heteroatoms. The highest BCUT2D eigenvalue weighted by Crippen LogP contribution is 2.34. The van der Waals surface area contributed by atoms with Crippen molar-refractivity contribution in [3.05, 3.63) is 29.6 Å². The fourth-order valence-corrected chi connectivity index (χ4v) is 3.67. The van der Waals surface area contributed by atoms with Crippen molar-refractivity contribution in [1.82, 2.24) is 5.32 Å². The predicted molar refractivity (Wildman–Crippen MR) is 81.0 cm³/mol. The Labute approximate surface area is 125 Å². The van der Waals surface area contributed by atoms with Crippen molar-refractivity contribution in [2.45, 2.75) is 56.8 Å². The molecule has 1 saturated heterocycles. The van der Waals surface area contributed by atoms with E-state index in [-0.39, 0.29) is 5.82 Å². The number of halogens is 1. The van der Waals surface area contributed by atoms with Crippen molar-refractivity contribution in [2.24, 2.45) is 0 Å². The van der Waals surface area contributed by atoms with Gasteiger partial charge in [-0.1, -0.05) is 6.07 Å². The molecule has 0 radical (unpaired) electrons. The van der Waals surface area contributed by atoms with Crippen LogP contribution < -0.4 is 10.2 Å². The van der Waals surface area contributed by atoms with Gasteiger partial charge in [-0.05, 0) is 49.8 Å². The lowest BCUT2D eigenvalue weighted by Crippen LogP contribution is -2.49. The Balaban J connectivity index is 1.50. The minimum Gasteiger partial charge on any atom is -0.374 e. The molecule has 1 aromatic rings. The third-order valence-electron chi connectivity index (χ3n) is 4.98. The van der Waals surface area contributed by atoms with Crippen molar-refractivity contribution < 1.29 is 9.13 Å². The molecule has 1 N–H and O–H groups in total.